The van der Waals surface area contributed by atoms with Gasteiger partial charge in [0, 0.05) is 12.1 Å². The number of oxime groups is 1. The van der Waals surface area contributed by atoms with E-state index in [4.69, 9.17) is 25.9 Å². The molecule has 0 aliphatic carbocycles. The van der Waals surface area contributed by atoms with Gasteiger partial charge in [-0.3, -0.25) is 0 Å². The van der Waals surface area contributed by atoms with Crippen molar-refractivity contribution in [1.29, 1.82) is 0 Å². The number of ether oxygens (including phenoxy) is 2. The summed E-state index contributed by atoms with van der Waals surface area (Å²) in [6.07, 6.45) is -3.45. The van der Waals surface area contributed by atoms with Crippen LogP contribution in [0.15, 0.2) is 29.4 Å². The molecular weight excluding hydrogens is 421 g/mol. The van der Waals surface area contributed by atoms with E-state index in [1.165, 1.54) is 0 Å². The van der Waals surface area contributed by atoms with Gasteiger partial charge in [0.15, 0.2) is 0 Å². The maximum absolute atomic E-state index is 13.3. The molecule has 0 atom stereocenters. The van der Waals surface area contributed by atoms with Gasteiger partial charge >= 0.3 is 6.18 Å². The predicted octanol–water partition coefficient (Wildman–Crippen LogP) is 6.87. The fourth-order valence-electron chi connectivity index (χ4n) is 2.18. The zero-order chi connectivity index (χ0) is 21.9. The van der Waals surface area contributed by atoms with Crippen molar-refractivity contribution in [3.8, 4) is 11.5 Å². The van der Waals surface area contributed by atoms with Gasteiger partial charge in [-0.05, 0) is 45.6 Å². The fraction of sp³-hybridized carbons (Fsp3) is 0.526. The summed E-state index contributed by atoms with van der Waals surface area (Å²) < 4.78 is 74.1. The smallest absolute Gasteiger partial charge is 0.420 e. The zero-order valence-electron chi connectivity index (χ0n) is 16.1. The van der Waals surface area contributed by atoms with Crippen LogP contribution in [0.4, 0.5) is 22.0 Å². The summed E-state index contributed by atoms with van der Waals surface area (Å²) in [6, 6.07) is 1.78. The van der Waals surface area contributed by atoms with Gasteiger partial charge in [0.1, 0.15) is 30.3 Å². The molecule has 0 heterocycles. The molecule has 164 valence electrons. The maximum atomic E-state index is 13.3. The van der Waals surface area contributed by atoms with E-state index in [9.17, 15) is 22.0 Å². The van der Waals surface area contributed by atoms with Crippen LogP contribution < -0.4 is 9.47 Å². The molecule has 0 aliphatic heterocycles. The van der Waals surface area contributed by atoms with Crippen LogP contribution in [-0.4, -0.2) is 25.5 Å². The number of benzene rings is 1. The summed E-state index contributed by atoms with van der Waals surface area (Å²) in [5.74, 6) is -0.785. The molecule has 0 fully saturated rings. The molecule has 0 saturated heterocycles. The molecule has 4 nitrogen and oxygen atoms in total. The Morgan fingerprint density at radius 1 is 1.03 bits per heavy atom. The predicted molar refractivity (Wildman–Crippen MR) is 101 cm³/mol. The van der Waals surface area contributed by atoms with Crippen LogP contribution in [0.1, 0.15) is 45.1 Å². The van der Waals surface area contributed by atoms with Crippen LogP contribution in [0.5, 0.6) is 11.5 Å². The Hall–Kier alpha value is -2.03. The van der Waals surface area contributed by atoms with Crippen molar-refractivity contribution >= 4 is 17.3 Å². The molecule has 0 aliphatic rings. The second-order valence-electron chi connectivity index (χ2n) is 6.22. The van der Waals surface area contributed by atoms with Gasteiger partial charge in [-0.25, -0.2) is 0 Å². The third kappa shape index (κ3) is 10.3. The normalized spacial score (nSPS) is 11.0. The number of hydrogen-bond acceptors (Lipinski definition) is 4. The molecule has 0 spiro atoms. The van der Waals surface area contributed by atoms with Gasteiger partial charge in [-0.15, -0.1) is 0 Å². The lowest BCUT2D eigenvalue weighted by Crippen LogP contribution is -2.11. The van der Waals surface area contributed by atoms with Crippen LogP contribution in [-0.2, 0) is 11.0 Å². The first-order valence-electron chi connectivity index (χ1n) is 8.92. The third-order valence-corrected chi connectivity index (χ3v) is 3.71. The standard InChI is InChI=1S/C19H23ClF5NO3/c1-13(2)26-29-9-6-4-3-5-8-28-18-15(19(23,24)25)11-14(12-16(18)20)27-10-7-17(21)22/h7,11-12H,3-6,8-10H2,1-2H3. The molecule has 0 bridgehead atoms. The molecule has 29 heavy (non-hydrogen) atoms. The molecule has 0 amide bonds. The average Bonchev–Trinajstić information content (AvgIpc) is 2.60. The SMILES string of the molecule is CC(C)=NOCCCCCCOc1c(Cl)cc(OCC=C(F)F)cc1C(F)(F)F. The van der Waals surface area contributed by atoms with Gasteiger partial charge in [-0.1, -0.05) is 16.8 Å². The molecule has 0 N–H and O–H groups in total. The zero-order valence-corrected chi connectivity index (χ0v) is 16.9. The van der Waals surface area contributed by atoms with E-state index in [1.54, 1.807) is 0 Å². The minimum atomic E-state index is -4.74. The first-order valence-corrected chi connectivity index (χ1v) is 9.29. The number of hydrogen-bond donors (Lipinski definition) is 0. The number of halogens is 6. The average molecular weight is 444 g/mol. The Kier molecular flexibility index (Phi) is 10.8. The Morgan fingerprint density at radius 2 is 1.69 bits per heavy atom. The number of nitrogens with zero attached hydrogens (tertiary/aromatic N) is 1. The fourth-order valence-corrected chi connectivity index (χ4v) is 2.45. The Morgan fingerprint density at radius 3 is 2.28 bits per heavy atom. The molecular formula is C19H23ClF5NO3. The Bertz CT molecular complexity index is 700. The maximum Gasteiger partial charge on any atom is 0.420 e. The van der Waals surface area contributed by atoms with E-state index in [-0.39, 0.29) is 17.4 Å². The van der Waals surface area contributed by atoms with E-state index >= 15 is 0 Å². The number of alkyl halides is 3. The van der Waals surface area contributed by atoms with Crippen molar-refractivity contribution in [3.63, 3.8) is 0 Å². The van der Waals surface area contributed by atoms with Gasteiger partial charge in [0.05, 0.1) is 17.3 Å². The monoisotopic (exact) mass is 443 g/mol. The van der Waals surface area contributed by atoms with Gasteiger partial charge < -0.3 is 14.3 Å². The van der Waals surface area contributed by atoms with Crippen LogP contribution >= 0.6 is 11.6 Å². The van der Waals surface area contributed by atoms with E-state index < -0.39 is 30.2 Å². The van der Waals surface area contributed by atoms with Crippen molar-refractivity contribution in [2.24, 2.45) is 5.16 Å². The summed E-state index contributed by atoms with van der Waals surface area (Å²) in [4.78, 5) is 5.05. The van der Waals surface area contributed by atoms with Crippen molar-refractivity contribution in [3.05, 3.63) is 34.9 Å². The minimum Gasteiger partial charge on any atom is -0.491 e. The molecule has 0 unspecified atom stereocenters. The third-order valence-electron chi connectivity index (χ3n) is 3.43. The number of unbranched alkanes of at least 4 members (excludes halogenated alkanes) is 3. The lowest BCUT2D eigenvalue weighted by atomic mass is 10.1. The van der Waals surface area contributed by atoms with E-state index in [1.807, 2.05) is 13.8 Å². The molecule has 1 rings (SSSR count). The molecule has 10 heteroatoms. The first kappa shape index (κ1) is 25.0. The van der Waals surface area contributed by atoms with Crippen molar-refractivity contribution < 1.29 is 36.3 Å². The molecule has 0 saturated carbocycles. The lowest BCUT2D eigenvalue weighted by molar-refractivity contribution is -0.139. The highest BCUT2D eigenvalue weighted by atomic mass is 35.5. The van der Waals surface area contributed by atoms with Crippen LogP contribution in [0.2, 0.25) is 5.02 Å². The second kappa shape index (κ2) is 12.5. The van der Waals surface area contributed by atoms with Gasteiger partial charge in [-0.2, -0.15) is 22.0 Å². The molecule has 1 aromatic rings. The van der Waals surface area contributed by atoms with Crippen molar-refractivity contribution in [1.82, 2.24) is 0 Å². The quantitative estimate of drug-likeness (QED) is 0.153. The minimum absolute atomic E-state index is 0.0475. The van der Waals surface area contributed by atoms with Crippen molar-refractivity contribution in [2.45, 2.75) is 45.7 Å². The number of rotatable bonds is 12. The summed E-state index contributed by atoms with van der Waals surface area (Å²) in [5, 5.41) is 3.49. The van der Waals surface area contributed by atoms with Crippen molar-refractivity contribution in [2.75, 3.05) is 19.8 Å². The summed E-state index contributed by atoms with van der Waals surface area (Å²) in [6.45, 7) is 3.57. The lowest BCUT2D eigenvalue weighted by Gasteiger charge is -2.17. The highest BCUT2D eigenvalue weighted by molar-refractivity contribution is 6.32. The van der Waals surface area contributed by atoms with E-state index in [2.05, 4.69) is 5.16 Å². The van der Waals surface area contributed by atoms with Crippen LogP contribution in [0, 0.1) is 0 Å². The summed E-state index contributed by atoms with van der Waals surface area (Å²) in [7, 11) is 0. The highest BCUT2D eigenvalue weighted by Crippen LogP contribution is 2.43. The molecule has 0 aromatic heterocycles. The summed E-state index contributed by atoms with van der Waals surface area (Å²) in [5.41, 5.74) is -0.302. The van der Waals surface area contributed by atoms with Gasteiger partial charge in [0.2, 0.25) is 0 Å². The topological polar surface area (TPSA) is 40.0 Å². The Labute approximate surface area is 171 Å². The van der Waals surface area contributed by atoms with Gasteiger partial charge in [0.25, 0.3) is 6.08 Å². The van der Waals surface area contributed by atoms with E-state index in [0.717, 1.165) is 31.0 Å². The largest absolute Gasteiger partial charge is 0.491 e. The van der Waals surface area contributed by atoms with Crippen LogP contribution in [0.25, 0.3) is 0 Å². The first-order chi connectivity index (χ1) is 13.6. The Balaban J connectivity index is 2.59. The molecule has 1 aromatic carbocycles. The van der Waals surface area contributed by atoms with E-state index in [0.29, 0.717) is 25.2 Å². The highest BCUT2D eigenvalue weighted by Gasteiger charge is 2.36. The van der Waals surface area contributed by atoms with Crippen LogP contribution in [0.3, 0.4) is 0 Å². The second-order valence-corrected chi connectivity index (χ2v) is 6.63. The summed E-state index contributed by atoms with van der Waals surface area (Å²) >= 11 is 5.91. The molecule has 0 radical (unpaired) electrons.